The zero-order valence-electron chi connectivity index (χ0n) is 10.9. The summed E-state index contributed by atoms with van der Waals surface area (Å²) in [6, 6.07) is 11.6. The van der Waals surface area contributed by atoms with Crippen LogP contribution in [0.15, 0.2) is 36.4 Å². The van der Waals surface area contributed by atoms with E-state index in [0.29, 0.717) is 5.02 Å². The lowest BCUT2D eigenvalue weighted by Gasteiger charge is -2.18. The summed E-state index contributed by atoms with van der Waals surface area (Å²) in [5.74, 6) is 0. The third kappa shape index (κ3) is 2.43. The van der Waals surface area contributed by atoms with Crippen molar-refractivity contribution in [3.05, 3.63) is 69.2 Å². The molecule has 0 aromatic heterocycles. The van der Waals surface area contributed by atoms with Crippen molar-refractivity contribution in [3.63, 3.8) is 0 Å². The molecule has 0 amide bonds. The summed E-state index contributed by atoms with van der Waals surface area (Å²) in [6.07, 6.45) is -0.622. The van der Waals surface area contributed by atoms with Crippen molar-refractivity contribution in [2.45, 2.75) is 26.9 Å². The maximum absolute atomic E-state index is 10.5. The molecule has 0 spiro atoms. The second kappa shape index (κ2) is 5.13. The van der Waals surface area contributed by atoms with E-state index >= 15 is 0 Å². The van der Waals surface area contributed by atoms with Gasteiger partial charge in [0.1, 0.15) is 6.10 Å². The summed E-state index contributed by atoms with van der Waals surface area (Å²) in [7, 11) is 0. The van der Waals surface area contributed by atoms with E-state index in [9.17, 15) is 5.11 Å². The fourth-order valence-corrected chi connectivity index (χ4v) is 2.32. The maximum Gasteiger partial charge on any atom is 0.105 e. The maximum atomic E-state index is 10.5. The Kier molecular flexibility index (Phi) is 3.74. The monoisotopic (exact) mass is 260 g/mol. The van der Waals surface area contributed by atoms with Gasteiger partial charge in [0.05, 0.1) is 0 Å². The molecule has 2 rings (SSSR count). The van der Waals surface area contributed by atoms with Gasteiger partial charge in [-0.3, -0.25) is 0 Å². The van der Waals surface area contributed by atoms with Gasteiger partial charge in [0, 0.05) is 5.02 Å². The molecule has 18 heavy (non-hydrogen) atoms. The number of rotatable bonds is 2. The highest BCUT2D eigenvalue weighted by atomic mass is 35.5. The molecule has 0 bridgehead atoms. The second-order valence-corrected chi connectivity index (χ2v) is 5.13. The van der Waals surface area contributed by atoms with Gasteiger partial charge in [-0.1, -0.05) is 35.9 Å². The number of hydrogen-bond acceptors (Lipinski definition) is 1. The van der Waals surface area contributed by atoms with Crippen LogP contribution in [0, 0.1) is 20.8 Å². The number of benzene rings is 2. The fraction of sp³-hybridized carbons (Fsp3) is 0.250. The molecule has 0 saturated carbocycles. The Balaban J connectivity index is 2.51. The van der Waals surface area contributed by atoms with Crippen molar-refractivity contribution in [3.8, 4) is 0 Å². The Hall–Kier alpha value is -1.31. The molecule has 0 aliphatic carbocycles. The average Bonchev–Trinajstić information content (AvgIpc) is 2.35. The Morgan fingerprint density at radius 1 is 0.944 bits per heavy atom. The molecular formula is C16H17ClO. The molecule has 1 nitrogen and oxygen atoms in total. The molecular weight excluding hydrogens is 244 g/mol. The van der Waals surface area contributed by atoms with Crippen LogP contribution in [0.3, 0.4) is 0 Å². The minimum atomic E-state index is -0.622. The highest BCUT2D eigenvalue weighted by molar-refractivity contribution is 6.30. The smallest absolute Gasteiger partial charge is 0.105 e. The zero-order chi connectivity index (χ0) is 13.3. The number of halogens is 1. The van der Waals surface area contributed by atoms with Crippen LogP contribution in [-0.2, 0) is 0 Å². The van der Waals surface area contributed by atoms with Crippen LogP contribution in [0.25, 0.3) is 0 Å². The molecule has 1 atom stereocenters. The predicted octanol–water partition coefficient (Wildman–Crippen LogP) is 4.35. The topological polar surface area (TPSA) is 20.2 Å². The zero-order valence-corrected chi connectivity index (χ0v) is 11.6. The number of aryl methyl sites for hydroxylation is 2. The van der Waals surface area contributed by atoms with Gasteiger partial charge in [0.25, 0.3) is 0 Å². The third-order valence-corrected chi connectivity index (χ3v) is 3.71. The lowest BCUT2D eigenvalue weighted by atomic mass is 9.93. The molecule has 1 N–H and O–H groups in total. The highest BCUT2D eigenvalue weighted by Crippen LogP contribution is 2.30. The molecule has 1 unspecified atom stereocenters. The van der Waals surface area contributed by atoms with Crippen molar-refractivity contribution >= 4 is 11.6 Å². The van der Waals surface area contributed by atoms with Crippen LogP contribution in [0.5, 0.6) is 0 Å². The number of aliphatic hydroxyl groups excluding tert-OH is 1. The lowest BCUT2D eigenvalue weighted by Crippen LogP contribution is -2.05. The van der Waals surface area contributed by atoms with Crippen LogP contribution in [0.2, 0.25) is 5.02 Å². The van der Waals surface area contributed by atoms with Crippen LogP contribution >= 0.6 is 11.6 Å². The first kappa shape index (κ1) is 13.1. The molecule has 0 saturated heterocycles. The van der Waals surface area contributed by atoms with E-state index in [4.69, 9.17) is 11.6 Å². The number of aliphatic hydroxyl groups is 1. The normalized spacial score (nSPS) is 12.5. The molecule has 0 heterocycles. The SMILES string of the molecule is Cc1ccc(Cl)cc1C(O)c1cccc(C)c1C. The van der Waals surface area contributed by atoms with Gasteiger partial charge in [-0.05, 0) is 60.7 Å². The van der Waals surface area contributed by atoms with Gasteiger partial charge in [-0.15, -0.1) is 0 Å². The third-order valence-electron chi connectivity index (χ3n) is 3.48. The first-order chi connectivity index (χ1) is 8.50. The quantitative estimate of drug-likeness (QED) is 0.851. The molecule has 2 aromatic rings. The first-order valence-electron chi connectivity index (χ1n) is 6.01. The van der Waals surface area contributed by atoms with Gasteiger partial charge in [0.2, 0.25) is 0 Å². The predicted molar refractivity (Wildman–Crippen MR) is 76.2 cm³/mol. The summed E-state index contributed by atoms with van der Waals surface area (Å²) in [5.41, 5.74) is 5.18. The van der Waals surface area contributed by atoms with Gasteiger partial charge in [-0.25, -0.2) is 0 Å². The van der Waals surface area contributed by atoms with E-state index < -0.39 is 6.10 Å². The van der Waals surface area contributed by atoms with E-state index in [0.717, 1.165) is 22.3 Å². The van der Waals surface area contributed by atoms with E-state index in [-0.39, 0.29) is 0 Å². The lowest BCUT2D eigenvalue weighted by molar-refractivity contribution is 0.218. The van der Waals surface area contributed by atoms with Crippen molar-refractivity contribution in [1.29, 1.82) is 0 Å². The molecule has 2 aromatic carbocycles. The Labute approximate surface area is 113 Å². The molecule has 94 valence electrons. The second-order valence-electron chi connectivity index (χ2n) is 4.69. The van der Waals surface area contributed by atoms with E-state index in [1.807, 2.05) is 44.2 Å². The van der Waals surface area contributed by atoms with Crippen molar-refractivity contribution < 1.29 is 5.11 Å². The van der Waals surface area contributed by atoms with Crippen molar-refractivity contribution in [2.75, 3.05) is 0 Å². The molecule has 2 heteroatoms. The van der Waals surface area contributed by atoms with E-state index in [1.54, 1.807) is 0 Å². The highest BCUT2D eigenvalue weighted by Gasteiger charge is 2.16. The van der Waals surface area contributed by atoms with Gasteiger partial charge in [-0.2, -0.15) is 0 Å². The van der Waals surface area contributed by atoms with Crippen LogP contribution in [-0.4, -0.2) is 5.11 Å². The average molecular weight is 261 g/mol. The number of hydrogen-bond donors (Lipinski definition) is 1. The standard InChI is InChI=1S/C16H17ClO/c1-10-5-4-6-14(12(10)3)16(18)15-9-13(17)8-7-11(15)2/h4-9,16,18H,1-3H3. The van der Waals surface area contributed by atoms with E-state index in [2.05, 4.69) is 13.0 Å². The summed E-state index contributed by atoms with van der Waals surface area (Å²) < 4.78 is 0. The summed E-state index contributed by atoms with van der Waals surface area (Å²) >= 11 is 6.01. The van der Waals surface area contributed by atoms with Crippen LogP contribution < -0.4 is 0 Å². The molecule has 0 fully saturated rings. The molecule has 0 aliphatic rings. The first-order valence-corrected chi connectivity index (χ1v) is 6.38. The Morgan fingerprint density at radius 2 is 1.67 bits per heavy atom. The Morgan fingerprint density at radius 3 is 2.39 bits per heavy atom. The van der Waals surface area contributed by atoms with Crippen LogP contribution in [0.4, 0.5) is 0 Å². The van der Waals surface area contributed by atoms with Crippen LogP contribution in [0.1, 0.15) is 33.9 Å². The van der Waals surface area contributed by atoms with Crippen molar-refractivity contribution in [1.82, 2.24) is 0 Å². The van der Waals surface area contributed by atoms with Gasteiger partial charge in [0.15, 0.2) is 0 Å². The fourth-order valence-electron chi connectivity index (χ4n) is 2.14. The van der Waals surface area contributed by atoms with Gasteiger partial charge >= 0.3 is 0 Å². The summed E-state index contributed by atoms with van der Waals surface area (Å²) in [6.45, 7) is 6.07. The summed E-state index contributed by atoms with van der Waals surface area (Å²) in [4.78, 5) is 0. The molecule has 0 radical (unpaired) electrons. The summed E-state index contributed by atoms with van der Waals surface area (Å²) in [5, 5.41) is 11.2. The van der Waals surface area contributed by atoms with E-state index in [1.165, 1.54) is 5.56 Å². The van der Waals surface area contributed by atoms with Crippen molar-refractivity contribution in [2.24, 2.45) is 0 Å². The molecule has 0 aliphatic heterocycles. The minimum Gasteiger partial charge on any atom is -0.384 e. The van der Waals surface area contributed by atoms with Gasteiger partial charge < -0.3 is 5.11 Å². The Bertz CT molecular complexity index is 573. The minimum absolute atomic E-state index is 0.622. The largest absolute Gasteiger partial charge is 0.384 e.